The van der Waals surface area contributed by atoms with E-state index in [1.54, 1.807) is 0 Å². The molecule has 1 fully saturated rings. The zero-order valence-corrected chi connectivity index (χ0v) is 9.91. The fourth-order valence-corrected chi connectivity index (χ4v) is 1.89. The van der Waals surface area contributed by atoms with Crippen LogP contribution in [0.5, 0.6) is 0 Å². The third-order valence-corrected chi connectivity index (χ3v) is 2.79. The topological polar surface area (TPSA) is 26.3 Å². The number of allylic oxidation sites excluding steroid dienone is 2. The molecule has 1 saturated carbocycles. The van der Waals surface area contributed by atoms with E-state index in [0.717, 1.165) is 0 Å². The molecule has 0 radical (unpaired) electrons. The standard InChI is InChI=1S/C7H14O.C5H8.CH2O/c1-8-7-5-3-2-4-6-7;1-2-4-5-3-1;1-2/h7H,2-6H2,1H3;1-2H,3-5H2;1H2. The summed E-state index contributed by atoms with van der Waals surface area (Å²) in [5.74, 6) is 0. The maximum absolute atomic E-state index is 8.00. The summed E-state index contributed by atoms with van der Waals surface area (Å²) in [5, 5.41) is 0. The summed E-state index contributed by atoms with van der Waals surface area (Å²) < 4.78 is 5.19. The van der Waals surface area contributed by atoms with Crippen molar-refractivity contribution in [2.24, 2.45) is 0 Å². The molecule has 2 heteroatoms. The van der Waals surface area contributed by atoms with Gasteiger partial charge in [-0.3, -0.25) is 0 Å². The van der Waals surface area contributed by atoms with Crippen molar-refractivity contribution in [2.45, 2.75) is 57.5 Å². The van der Waals surface area contributed by atoms with Crippen LogP contribution in [0.1, 0.15) is 51.4 Å². The Morgan fingerprint density at radius 2 is 1.53 bits per heavy atom. The van der Waals surface area contributed by atoms with E-state index < -0.39 is 0 Å². The fraction of sp³-hybridized carbons (Fsp3) is 0.769. The van der Waals surface area contributed by atoms with Crippen molar-refractivity contribution < 1.29 is 9.53 Å². The van der Waals surface area contributed by atoms with Gasteiger partial charge in [0, 0.05) is 7.11 Å². The van der Waals surface area contributed by atoms with Gasteiger partial charge in [0.25, 0.3) is 0 Å². The van der Waals surface area contributed by atoms with Crippen LogP contribution in [0.15, 0.2) is 12.2 Å². The molecule has 0 unspecified atom stereocenters. The molecule has 0 N–H and O–H groups in total. The Morgan fingerprint density at radius 3 is 1.80 bits per heavy atom. The Bertz CT molecular complexity index is 143. The van der Waals surface area contributed by atoms with Gasteiger partial charge in [0.05, 0.1) is 6.10 Å². The summed E-state index contributed by atoms with van der Waals surface area (Å²) in [6.45, 7) is 2.00. The number of carbonyl (C=O) groups is 1. The molecule has 0 atom stereocenters. The maximum atomic E-state index is 8.00. The zero-order valence-electron chi connectivity index (χ0n) is 9.91. The SMILES string of the molecule is C1=CCCC1.C=O.COC1CCCCC1. The molecule has 2 aliphatic rings. The van der Waals surface area contributed by atoms with Gasteiger partial charge in [0.1, 0.15) is 6.79 Å². The largest absolute Gasteiger partial charge is 0.381 e. The predicted octanol–water partition coefficient (Wildman–Crippen LogP) is 3.51. The van der Waals surface area contributed by atoms with E-state index in [1.165, 1.54) is 51.4 Å². The number of hydrogen-bond donors (Lipinski definition) is 0. The molecule has 2 nitrogen and oxygen atoms in total. The van der Waals surface area contributed by atoms with Gasteiger partial charge in [-0.05, 0) is 32.1 Å². The normalized spacial score (nSPS) is 19.8. The summed E-state index contributed by atoms with van der Waals surface area (Å²) in [4.78, 5) is 8.00. The Hall–Kier alpha value is -0.630. The molecule has 0 aromatic rings. The van der Waals surface area contributed by atoms with Gasteiger partial charge in [-0.1, -0.05) is 31.4 Å². The van der Waals surface area contributed by atoms with Crippen molar-refractivity contribution in [1.29, 1.82) is 0 Å². The van der Waals surface area contributed by atoms with E-state index in [9.17, 15) is 0 Å². The van der Waals surface area contributed by atoms with Crippen LogP contribution in [-0.2, 0) is 9.53 Å². The minimum atomic E-state index is 0.587. The third kappa shape index (κ3) is 8.37. The van der Waals surface area contributed by atoms with E-state index in [2.05, 4.69) is 12.2 Å². The Balaban J connectivity index is 0.000000241. The molecule has 2 aliphatic carbocycles. The van der Waals surface area contributed by atoms with Crippen LogP contribution in [0.3, 0.4) is 0 Å². The molecule has 2 rings (SSSR count). The summed E-state index contributed by atoms with van der Waals surface area (Å²) in [7, 11) is 1.82. The van der Waals surface area contributed by atoms with Crippen LogP contribution in [-0.4, -0.2) is 20.0 Å². The lowest BCUT2D eigenvalue weighted by molar-refractivity contribution is -0.0979. The number of hydrogen-bond acceptors (Lipinski definition) is 2. The van der Waals surface area contributed by atoms with Crippen LogP contribution in [0.25, 0.3) is 0 Å². The lowest BCUT2D eigenvalue weighted by Crippen LogP contribution is -2.13. The van der Waals surface area contributed by atoms with Crippen molar-refractivity contribution in [3.63, 3.8) is 0 Å². The van der Waals surface area contributed by atoms with Crippen LogP contribution in [0.2, 0.25) is 0 Å². The average molecular weight is 212 g/mol. The van der Waals surface area contributed by atoms with E-state index in [1.807, 2.05) is 13.9 Å². The minimum Gasteiger partial charge on any atom is -0.381 e. The molecular formula is C13H24O2. The predicted molar refractivity (Wildman–Crippen MR) is 64.0 cm³/mol. The second kappa shape index (κ2) is 11.4. The van der Waals surface area contributed by atoms with Crippen LogP contribution in [0.4, 0.5) is 0 Å². The highest BCUT2D eigenvalue weighted by Crippen LogP contribution is 2.18. The smallest absolute Gasteiger partial charge is 0.106 e. The summed E-state index contributed by atoms with van der Waals surface area (Å²) >= 11 is 0. The molecule has 0 aliphatic heterocycles. The molecule has 0 heterocycles. The van der Waals surface area contributed by atoms with E-state index in [0.29, 0.717) is 6.10 Å². The Labute approximate surface area is 93.7 Å². The Morgan fingerprint density at radius 1 is 1.00 bits per heavy atom. The molecule has 15 heavy (non-hydrogen) atoms. The van der Waals surface area contributed by atoms with Gasteiger partial charge < -0.3 is 9.53 Å². The number of carbonyl (C=O) groups excluding carboxylic acids is 1. The van der Waals surface area contributed by atoms with Gasteiger partial charge in [0.2, 0.25) is 0 Å². The number of methoxy groups -OCH3 is 1. The molecular weight excluding hydrogens is 188 g/mol. The molecule has 0 bridgehead atoms. The van der Waals surface area contributed by atoms with Gasteiger partial charge in [0.15, 0.2) is 0 Å². The second-order valence-corrected chi connectivity index (χ2v) is 3.90. The highest BCUT2D eigenvalue weighted by Gasteiger charge is 2.10. The summed E-state index contributed by atoms with van der Waals surface area (Å²) in [5.41, 5.74) is 0. The number of rotatable bonds is 1. The first-order valence-corrected chi connectivity index (χ1v) is 5.90. The number of ether oxygens (including phenoxy) is 1. The highest BCUT2D eigenvalue weighted by atomic mass is 16.5. The van der Waals surface area contributed by atoms with Crippen molar-refractivity contribution in [1.82, 2.24) is 0 Å². The van der Waals surface area contributed by atoms with Crippen LogP contribution >= 0.6 is 0 Å². The van der Waals surface area contributed by atoms with Crippen LogP contribution in [0, 0.1) is 0 Å². The quantitative estimate of drug-likeness (QED) is 0.622. The van der Waals surface area contributed by atoms with E-state index in [-0.39, 0.29) is 0 Å². The summed E-state index contributed by atoms with van der Waals surface area (Å²) in [6.07, 6.45) is 15.8. The maximum Gasteiger partial charge on any atom is 0.106 e. The van der Waals surface area contributed by atoms with Gasteiger partial charge in [-0.15, -0.1) is 0 Å². The van der Waals surface area contributed by atoms with Gasteiger partial charge in [-0.2, -0.15) is 0 Å². The van der Waals surface area contributed by atoms with Crippen LogP contribution < -0.4 is 0 Å². The minimum absolute atomic E-state index is 0.587. The molecule has 0 aromatic heterocycles. The van der Waals surface area contributed by atoms with Gasteiger partial charge in [-0.25, -0.2) is 0 Å². The summed E-state index contributed by atoms with van der Waals surface area (Å²) in [6, 6.07) is 0. The molecule has 0 aromatic carbocycles. The lowest BCUT2D eigenvalue weighted by Gasteiger charge is -2.19. The lowest BCUT2D eigenvalue weighted by atomic mass is 9.98. The first kappa shape index (κ1) is 14.4. The third-order valence-electron chi connectivity index (χ3n) is 2.79. The average Bonchev–Trinajstić information content (AvgIpc) is 2.92. The fourth-order valence-electron chi connectivity index (χ4n) is 1.89. The zero-order chi connectivity index (χ0) is 11.4. The van der Waals surface area contributed by atoms with Gasteiger partial charge >= 0.3 is 0 Å². The first-order chi connectivity index (χ1) is 7.43. The van der Waals surface area contributed by atoms with Crippen molar-refractivity contribution in [3.05, 3.63) is 12.2 Å². The Kier molecular flexibility index (Phi) is 11.0. The monoisotopic (exact) mass is 212 g/mol. The van der Waals surface area contributed by atoms with Crippen molar-refractivity contribution >= 4 is 6.79 Å². The van der Waals surface area contributed by atoms with Crippen molar-refractivity contribution in [3.8, 4) is 0 Å². The molecule has 0 spiro atoms. The van der Waals surface area contributed by atoms with E-state index in [4.69, 9.17) is 9.53 Å². The second-order valence-electron chi connectivity index (χ2n) is 3.90. The molecule has 88 valence electrons. The van der Waals surface area contributed by atoms with E-state index >= 15 is 0 Å². The highest BCUT2D eigenvalue weighted by molar-refractivity contribution is 5.10. The van der Waals surface area contributed by atoms with Crippen molar-refractivity contribution in [2.75, 3.05) is 7.11 Å². The first-order valence-electron chi connectivity index (χ1n) is 5.90. The molecule has 0 saturated heterocycles. The molecule has 0 amide bonds.